The minimum atomic E-state index is 0. The molecular formula is C20H30IN3O. The molecule has 2 aliphatic rings. The van der Waals surface area contributed by atoms with Gasteiger partial charge in [0.05, 0.1) is 6.10 Å². The van der Waals surface area contributed by atoms with Gasteiger partial charge in [-0.05, 0) is 49.7 Å². The Balaban J connectivity index is 0.00000225. The predicted octanol–water partition coefficient (Wildman–Crippen LogP) is 3.97. The second-order valence-electron chi connectivity index (χ2n) is 6.59. The van der Waals surface area contributed by atoms with Crippen LogP contribution in [0.5, 0.6) is 0 Å². The first kappa shape index (κ1) is 20.2. The van der Waals surface area contributed by atoms with E-state index >= 15 is 0 Å². The van der Waals surface area contributed by atoms with Crippen LogP contribution >= 0.6 is 24.0 Å². The molecule has 0 amide bonds. The van der Waals surface area contributed by atoms with Crippen molar-refractivity contribution in [2.24, 2.45) is 4.99 Å². The molecule has 1 unspecified atom stereocenters. The molecule has 138 valence electrons. The van der Waals surface area contributed by atoms with Crippen LogP contribution in [0.1, 0.15) is 49.3 Å². The normalized spacial score (nSPS) is 20.0. The number of hydrogen-bond acceptors (Lipinski definition) is 2. The molecule has 1 aromatic rings. The van der Waals surface area contributed by atoms with Crippen molar-refractivity contribution in [2.45, 2.75) is 50.7 Å². The fourth-order valence-corrected chi connectivity index (χ4v) is 3.51. The molecule has 4 nitrogen and oxygen atoms in total. The van der Waals surface area contributed by atoms with E-state index in [2.05, 4.69) is 52.0 Å². The van der Waals surface area contributed by atoms with Gasteiger partial charge in [-0.3, -0.25) is 4.99 Å². The van der Waals surface area contributed by atoms with E-state index in [1.807, 2.05) is 7.05 Å². The lowest BCUT2D eigenvalue weighted by Gasteiger charge is -2.25. The Morgan fingerprint density at radius 3 is 2.84 bits per heavy atom. The summed E-state index contributed by atoms with van der Waals surface area (Å²) in [6.07, 6.45) is 11.4. The van der Waals surface area contributed by atoms with Gasteiger partial charge in [-0.2, -0.15) is 0 Å². The molecule has 1 aromatic carbocycles. The van der Waals surface area contributed by atoms with E-state index in [9.17, 15) is 0 Å². The molecule has 0 heterocycles. The van der Waals surface area contributed by atoms with Crippen molar-refractivity contribution < 1.29 is 4.74 Å². The summed E-state index contributed by atoms with van der Waals surface area (Å²) in [4.78, 5) is 4.29. The molecule has 2 N–H and O–H groups in total. The van der Waals surface area contributed by atoms with Crippen LogP contribution in [-0.2, 0) is 11.2 Å². The van der Waals surface area contributed by atoms with Crippen molar-refractivity contribution >= 4 is 29.9 Å². The van der Waals surface area contributed by atoms with Crippen molar-refractivity contribution in [3.63, 3.8) is 0 Å². The third-order valence-corrected chi connectivity index (χ3v) is 4.82. The quantitative estimate of drug-likeness (QED) is 0.224. The van der Waals surface area contributed by atoms with Gasteiger partial charge in [-0.15, -0.1) is 24.0 Å². The highest BCUT2D eigenvalue weighted by atomic mass is 127. The number of aliphatic imine (C=N–C) groups is 1. The van der Waals surface area contributed by atoms with Crippen LogP contribution in [0.4, 0.5) is 0 Å². The van der Waals surface area contributed by atoms with Crippen LogP contribution < -0.4 is 10.6 Å². The van der Waals surface area contributed by atoms with Gasteiger partial charge in [0.15, 0.2) is 5.96 Å². The van der Waals surface area contributed by atoms with E-state index in [0.29, 0.717) is 6.04 Å². The highest BCUT2D eigenvalue weighted by Crippen LogP contribution is 2.32. The average Bonchev–Trinajstić information content (AvgIpc) is 3.13. The van der Waals surface area contributed by atoms with Gasteiger partial charge in [0.25, 0.3) is 0 Å². The number of aryl methyl sites for hydroxylation is 1. The summed E-state index contributed by atoms with van der Waals surface area (Å²) in [5.41, 5.74) is 2.85. The maximum Gasteiger partial charge on any atom is 0.191 e. The van der Waals surface area contributed by atoms with Gasteiger partial charge in [-0.1, -0.05) is 36.4 Å². The topological polar surface area (TPSA) is 45.7 Å². The minimum Gasteiger partial charge on any atom is -0.373 e. The lowest BCUT2D eigenvalue weighted by molar-refractivity contribution is 0.0398. The molecular weight excluding hydrogens is 425 g/mol. The second kappa shape index (κ2) is 10.8. The third-order valence-electron chi connectivity index (χ3n) is 4.82. The van der Waals surface area contributed by atoms with Crippen LogP contribution in [0.2, 0.25) is 0 Å². The third kappa shape index (κ3) is 5.99. The Kier molecular flexibility index (Phi) is 8.75. The molecule has 2 aliphatic carbocycles. The number of rotatable bonds is 6. The van der Waals surface area contributed by atoms with Crippen LogP contribution in [0, 0.1) is 0 Å². The molecule has 0 aliphatic heterocycles. The van der Waals surface area contributed by atoms with Gasteiger partial charge < -0.3 is 15.4 Å². The van der Waals surface area contributed by atoms with Gasteiger partial charge in [0, 0.05) is 26.2 Å². The summed E-state index contributed by atoms with van der Waals surface area (Å²) in [5, 5.41) is 6.84. The summed E-state index contributed by atoms with van der Waals surface area (Å²) in [6, 6.07) is 9.20. The van der Waals surface area contributed by atoms with Crippen molar-refractivity contribution in [1.29, 1.82) is 0 Å². The zero-order valence-electron chi connectivity index (χ0n) is 15.0. The SMILES string of the molecule is CN=C(NCCCOC1CCCc2ccccc21)NC1CC=CC1.I. The molecule has 0 saturated heterocycles. The van der Waals surface area contributed by atoms with Crippen LogP contribution in [0.15, 0.2) is 41.4 Å². The van der Waals surface area contributed by atoms with E-state index < -0.39 is 0 Å². The van der Waals surface area contributed by atoms with Gasteiger partial charge in [0.2, 0.25) is 0 Å². The fourth-order valence-electron chi connectivity index (χ4n) is 3.51. The summed E-state index contributed by atoms with van der Waals surface area (Å²) in [6.45, 7) is 1.67. The number of nitrogens with one attached hydrogen (secondary N) is 2. The Morgan fingerprint density at radius 2 is 2.04 bits per heavy atom. The molecule has 0 spiro atoms. The fraction of sp³-hybridized carbons (Fsp3) is 0.550. The highest BCUT2D eigenvalue weighted by molar-refractivity contribution is 14.0. The van der Waals surface area contributed by atoms with E-state index in [1.54, 1.807) is 0 Å². The number of nitrogens with zero attached hydrogens (tertiary/aromatic N) is 1. The summed E-state index contributed by atoms with van der Waals surface area (Å²) < 4.78 is 6.15. The van der Waals surface area contributed by atoms with Gasteiger partial charge >= 0.3 is 0 Å². The second-order valence-corrected chi connectivity index (χ2v) is 6.59. The molecule has 0 radical (unpaired) electrons. The van der Waals surface area contributed by atoms with E-state index in [-0.39, 0.29) is 30.1 Å². The maximum atomic E-state index is 6.15. The summed E-state index contributed by atoms with van der Waals surface area (Å²) in [5.74, 6) is 0.895. The van der Waals surface area contributed by atoms with E-state index in [4.69, 9.17) is 4.74 Å². The van der Waals surface area contributed by atoms with Gasteiger partial charge in [-0.25, -0.2) is 0 Å². The van der Waals surface area contributed by atoms with Crippen LogP contribution in [0.25, 0.3) is 0 Å². The zero-order valence-corrected chi connectivity index (χ0v) is 17.4. The molecule has 5 heteroatoms. The monoisotopic (exact) mass is 455 g/mol. The first-order chi connectivity index (χ1) is 11.9. The van der Waals surface area contributed by atoms with Crippen molar-refractivity contribution in [3.8, 4) is 0 Å². The van der Waals surface area contributed by atoms with Crippen LogP contribution in [-0.4, -0.2) is 32.2 Å². The summed E-state index contributed by atoms with van der Waals surface area (Å²) in [7, 11) is 1.83. The standard InChI is InChI=1S/C20H29N3O.HI/c1-21-20(23-17-10-3-4-11-17)22-14-7-15-24-19-13-6-9-16-8-2-5-12-18(16)19;/h2-5,8,12,17,19H,6-7,9-11,13-15H2,1H3,(H2,21,22,23);1H. The molecule has 3 rings (SSSR count). The predicted molar refractivity (Wildman–Crippen MR) is 115 cm³/mol. The first-order valence-electron chi connectivity index (χ1n) is 9.18. The van der Waals surface area contributed by atoms with Crippen molar-refractivity contribution in [2.75, 3.05) is 20.2 Å². The minimum absolute atomic E-state index is 0. The number of guanidine groups is 1. The van der Waals surface area contributed by atoms with Gasteiger partial charge in [0.1, 0.15) is 0 Å². The average molecular weight is 455 g/mol. The lowest BCUT2D eigenvalue weighted by atomic mass is 9.89. The molecule has 0 bridgehead atoms. The maximum absolute atomic E-state index is 6.15. The Hall–Kier alpha value is -1.08. The Labute approximate surface area is 168 Å². The Morgan fingerprint density at radius 1 is 1.24 bits per heavy atom. The summed E-state index contributed by atoms with van der Waals surface area (Å²) >= 11 is 0. The molecule has 0 saturated carbocycles. The molecule has 0 aromatic heterocycles. The Bertz CT molecular complexity index is 580. The number of fused-ring (bicyclic) bond motifs is 1. The first-order valence-corrected chi connectivity index (χ1v) is 9.18. The number of benzene rings is 1. The number of hydrogen-bond donors (Lipinski definition) is 2. The zero-order chi connectivity index (χ0) is 16.6. The molecule has 0 fully saturated rings. The highest BCUT2D eigenvalue weighted by Gasteiger charge is 2.19. The largest absolute Gasteiger partial charge is 0.373 e. The van der Waals surface area contributed by atoms with Crippen molar-refractivity contribution in [3.05, 3.63) is 47.5 Å². The van der Waals surface area contributed by atoms with E-state index in [0.717, 1.165) is 44.8 Å². The number of halogens is 1. The lowest BCUT2D eigenvalue weighted by Crippen LogP contribution is -2.42. The van der Waals surface area contributed by atoms with Crippen molar-refractivity contribution in [1.82, 2.24) is 10.6 Å². The molecule has 1 atom stereocenters. The number of ether oxygens (including phenoxy) is 1. The van der Waals surface area contributed by atoms with Crippen LogP contribution in [0.3, 0.4) is 0 Å². The molecule has 25 heavy (non-hydrogen) atoms. The van der Waals surface area contributed by atoms with E-state index in [1.165, 1.54) is 24.0 Å². The smallest absolute Gasteiger partial charge is 0.191 e.